The summed E-state index contributed by atoms with van der Waals surface area (Å²) in [5.41, 5.74) is 0.330. The molecule has 1 aromatic heterocycles. The van der Waals surface area contributed by atoms with Crippen molar-refractivity contribution in [2.75, 3.05) is 0 Å². The van der Waals surface area contributed by atoms with Crippen LogP contribution in [0.1, 0.15) is 10.6 Å². The molecule has 0 radical (unpaired) electrons. The van der Waals surface area contributed by atoms with Crippen molar-refractivity contribution in [1.29, 1.82) is 0 Å². The first-order valence-corrected chi connectivity index (χ1v) is 5.67. The molecule has 0 fully saturated rings. The third kappa shape index (κ3) is 2.62. The molecule has 0 spiro atoms. The molecule has 16 heavy (non-hydrogen) atoms. The van der Waals surface area contributed by atoms with Gasteiger partial charge in [0.05, 0.1) is 0 Å². The van der Waals surface area contributed by atoms with Crippen LogP contribution in [0.4, 0.5) is 8.78 Å². The van der Waals surface area contributed by atoms with E-state index in [2.05, 4.69) is 10.3 Å². The standard InChI is InChI=1S/C11H10F2N2S/c12-9-3-1-2-8(11(9)13)6-14-7-10-15-4-5-16-10/h1-5,14H,6-7H2. The smallest absolute Gasteiger partial charge is 0.163 e. The maximum atomic E-state index is 13.2. The van der Waals surface area contributed by atoms with E-state index < -0.39 is 11.6 Å². The highest BCUT2D eigenvalue weighted by atomic mass is 32.1. The fourth-order valence-electron chi connectivity index (χ4n) is 1.33. The Hall–Kier alpha value is -1.33. The number of rotatable bonds is 4. The molecule has 0 saturated heterocycles. The van der Waals surface area contributed by atoms with E-state index in [4.69, 9.17) is 0 Å². The van der Waals surface area contributed by atoms with Crippen molar-refractivity contribution in [2.45, 2.75) is 13.1 Å². The number of halogens is 2. The Kier molecular flexibility index (Phi) is 3.58. The van der Waals surface area contributed by atoms with Gasteiger partial charge in [-0.25, -0.2) is 13.8 Å². The average Bonchev–Trinajstić information content (AvgIpc) is 2.77. The molecule has 2 rings (SSSR count). The van der Waals surface area contributed by atoms with E-state index in [1.807, 2.05) is 5.38 Å². The van der Waals surface area contributed by atoms with Crippen LogP contribution in [0, 0.1) is 11.6 Å². The Bertz CT molecular complexity index is 457. The minimum Gasteiger partial charge on any atom is -0.306 e. The summed E-state index contributed by atoms with van der Waals surface area (Å²) in [5, 5.41) is 5.82. The van der Waals surface area contributed by atoms with Gasteiger partial charge in [-0.05, 0) is 6.07 Å². The molecule has 0 saturated carbocycles. The zero-order valence-electron chi connectivity index (χ0n) is 8.41. The lowest BCUT2D eigenvalue weighted by molar-refractivity contribution is 0.492. The monoisotopic (exact) mass is 240 g/mol. The first-order chi connectivity index (χ1) is 7.77. The van der Waals surface area contributed by atoms with E-state index in [9.17, 15) is 8.78 Å². The van der Waals surface area contributed by atoms with Gasteiger partial charge in [0.25, 0.3) is 0 Å². The van der Waals surface area contributed by atoms with Crippen molar-refractivity contribution in [2.24, 2.45) is 0 Å². The third-order valence-electron chi connectivity index (χ3n) is 2.11. The second kappa shape index (κ2) is 5.14. The summed E-state index contributed by atoms with van der Waals surface area (Å²) in [7, 11) is 0. The van der Waals surface area contributed by atoms with Crippen molar-refractivity contribution in [3.8, 4) is 0 Å². The quantitative estimate of drug-likeness (QED) is 0.888. The lowest BCUT2D eigenvalue weighted by Crippen LogP contribution is -2.13. The highest BCUT2D eigenvalue weighted by molar-refractivity contribution is 7.09. The molecular weight excluding hydrogens is 230 g/mol. The summed E-state index contributed by atoms with van der Waals surface area (Å²) < 4.78 is 26.1. The van der Waals surface area contributed by atoms with Crippen LogP contribution >= 0.6 is 11.3 Å². The van der Waals surface area contributed by atoms with Gasteiger partial charge >= 0.3 is 0 Å². The molecule has 0 atom stereocenters. The minimum absolute atomic E-state index is 0.295. The van der Waals surface area contributed by atoms with Crippen LogP contribution in [0.2, 0.25) is 0 Å². The Labute approximate surface area is 96.0 Å². The molecular formula is C11H10F2N2S. The van der Waals surface area contributed by atoms with Gasteiger partial charge in [0, 0.05) is 30.2 Å². The first kappa shape index (κ1) is 11.2. The molecule has 0 bridgehead atoms. The molecule has 1 heterocycles. The molecule has 0 aliphatic rings. The number of benzene rings is 1. The largest absolute Gasteiger partial charge is 0.306 e. The molecule has 1 aromatic carbocycles. The molecule has 0 aliphatic heterocycles. The highest BCUT2D eigenvalue weighted by Crippen LogP contribution is 2.11. The third-order valence-corrected chi connectivity index (χ3v) is 2.89. The van der Waals surface area contributed by atoms with E-state index in [0.717, 1.165) is 11.1 Å². The SMILES string of the molecule is Fc1cccc(CNCc2nccs2)c1F. The van der Waals surface area contributed by atoms with Crippen LogP contribution in [0.25, 0.3) is 0 Å². The van der Waals surface area contributed by atoms with Gasteiger partial charge in [-0.15, -0.1) is 11.3 Å². The lowest BCUT2D eigenvalue weighted by atomic mass is 10.2. The number of aromatic nitrogens is 1. The summed E-state index contributed by atoms with van der Waals surface area (Å²) in [6.07, 6.45) is 1.71. The number of thiazole rings is 1. The first-order valence-electron chi connectivity index (χ1n) is 4.79. The van der Waals surface area contributed by atoms with Crippen LogP contribution in [0.5, 0.6) is 0 Å². The summed E-state index contributed by atoms with van der Waals surface area (Å²) >= 11 is 1.52. The fraction of sp³-hybridized carbons (Fsp3) is 0.182. The summed E-state index contributed by atoms with van der Waals surface area (Å²) in [4.78, 5) is 4.08. The van der Waals surface area contributed by atoms with Gasteiger partial charge in [-0.2, -0.15) is 0 Å². The van der Waals surface area contributed by atoms with Gasteiger partial charge in [0.15, 0.2) is 11.6 Å². The number of hydrogen-bond acceptors (Lipinski definition) is 3. The molecule has 0 amide bonds. The fourth-order valence-corrected chi connectivity index (χ4v) is 1.92. The molecule has 2 aromatic rings. The summed E-state index contributed by atoms with van der Waals surface area (Å²) in [5.74, 6) is -1.59. The number of nitrogens with one attached hydrogen (secondary N) is 1. The average molecular weight is 240 g/mol. The van der Waals surface area contributed by atoms with Crippen LogP contribution in [0.15, 0.2) is 29.8 Å². The van der Waals surface area contributed by atoms with E-state index >= 15 is 0 Å². The molecule has 2 nitrogen and oxygen atoms in total. The molecule has 0 unspecified atom stereocenters. The second-order valence-electron chi connectivity index (χ2n) is 3.24. The van der Waals surface area contributed by atoms with E-state index in [0.29, 0.717) is 18.7 Å². The van der Waals surface area contributed by atoms with Crippen LogP contribution in [-0.4, -0.2) is 4.98 Å². The predicted octanol–water partition coefficient (Wildman–Crippen LogP) is 2.71. The van der Waals surface area contributed by atoms with Gasteiger partial charge in [0.1, 0.15) is 5.01 Å². The van der Waals surface area contributed by atoms with E-state index in [1.165, 1.54) is 17.4 Å². The summed E-state index contributed by atoms with van der Waals surface area (Å²) in [6, 6.07) is 4.17. The van der Waals surface area contributed by atoms with Crippen molar-refractivity contribution < 1.29 is 8.78 Å². The Morgan fingerprint density at radius 3 is 2.88 bits per heavy atom. The second-order valence-corrected chi connectivity index (χ2v) is 4.22. The van der Waals surface area contributed by atoms with Crippen LogP contribution in [-0.2, 0) is 13.1 Å². The highest BCUT2D eigenvalue weighted by Gasteiger charge is 2.06. The maximum absolute atomic E-state index is 13.2. The molecule has 1 N–H and O–H groups in total. The van der Waals surface area contributed by atoms with Crippen molar-refractivity contribution >= 4 is 11.3 Å². The van der Waals surface area contributed by atoms with Gasteiger partial charge in [0.2, 0.25) is 0 Å². The Balaban J connectivity index is 1.92. The number of nitrogens with zero attached hydrogens (tertiary/aromatic N) is 1. The lowest BCUT2D eigenvalue weighted by Gasteiger charge is -2.04. The Morgan fingerprint density at radius 2 is 2.12 bits per heavy atom. The van der Waals surface area contributed by atoms with Crippen molar-refractivity contribution in [3.05, 3.63) is 52.0 Å². The maximum Gasteiger partial charge on any atom is 0.163 e. The normalized spacial score (nSPS) is 10.6. The van der Waals surface area contributed by atoms with E-state index in [-0.39, 0.29) is 0 Å². The molecule has 84 valence electrons. The topological polar surface area (TPSA) is 24.9 Å². The van der Waals surface area contributed by atoms with Gasteiger partial charge in [-0.3, -0.25) is 0 Å². The van der Waals surface area contributed by atoms with E-state index in [1.54, 1.807) is 12.3 Å². The predicted molar refractivity (Wildman–Crippen MR) is 59.0 cm³/mol. The van der Waals surface area contributed by atoms with Crippen molar-refractivity contribution in [3.63, 3.8) is 0 Å². The van der Waals surface area contributed by atoms with Crippen molar-refractivity contribution in [1.82, 2.24) is 10.3 Å². The van der Waals surface area contributed by atoms with Gasteiger partial charge in [-0.1, -0.05) is 12.1 Å². The number of hydrogen-bond donors (Lipinski definition) is 1. The minimum atomic E-state index is -0.812. The molecule has 0 aliphatic carbocycles. The molecule has 5 heteroatoms. The zero-order chi connectivity index (χ0) is 11.4. The van der Waals surface area contributed by atoms with Crippen LogP contribution < -0.4 is 5.32 Å². The zero-order valence-corrected chi connectivity index (χ0v) is 9.23. The Morgan fingerprint density at radius 1 is 1.25 bits per heavy atom. The van der Waals surface area contributed by atoms with Crippen LogP contribution in [0.3, 0.4) is 0 Å². The van der Waals surface area contributed by atoms with Gasteiger partial charge < -0.3 is 5.32 Å². The summed E-state index contributed by atoms with van der Waals surface area (Å²) in [6.45, 7) is 0.858.